The molecule has 3 N–H and O–H groups in total. The van der Waals surface area contributed by atoms with E-state index < -0.39 is 11.6 Å². The van der Waals surface area contributed by atoms with E-state index in [9.17, 15) is 4.79 Å². The first-order valence-electron chi connectivity index (χ1n) is 5.98. The maximum Gasteiger partial charge on any atom is 0.411 e. The van der Waals surface area contributed by atoms with Gasteiger partial charge in [-0.25, -0.2) is 4.79 Å². The third-order valence-electron chi connectivity index (χ3n) is 3.01. The first kappa shape index (κ1) is 14.8. The van der Waals surface area contributed by atoms with Crippen molar-refractivity contribution < 1.29 is 9.53 Å². The molecule has 0 aliphatic rings. The Hall–Kier alpha value is -1.26. The summed E-state index contributed by atoms with van der Waals surface area (Å²) in [6.07, 6.45) is 0.964. The van der Waals surface area contributed by atoms with Crippen LogP contribution in [-0.4, -0.2) is 18.2 Å². The molecule has 0 aromatic heterocycles. The number of benzene rings is 1. The largest absolute Gasteiger partial charge is 0.447 e. The Balaban J connectivity index is 2.50. The quantitative estimate of drug-likeness (QED) is 0.862. The number of carbonyl (C=O) groups is 1. The van der Waals surface area contributed by atoms with Gasteiger partial charge in [0.1, 0.15) is 6.61 Å². The summed E-state index contributed by atoms with van der Waals surface area (Å²) in [5.41, 5.74) is 6.10. The van der Waals surface area contributed by atoms with E-state index in [4.69, 9.17) is 22.1 Å². The highest BCUT2D eigenvalue weighted by atomic mass is 35.5. The van der Waals surface area contributed by atoms with Crippen molar-refractivity contribution in [1.82, 2.24) is 0 Å². The number of hydrogen-bond donors (Lipinski definition) is 2. The topological polar surface area (TPSA) is 64.3 Å². The van der Waals surface area contributed by atoms with Gasteiger partial charge in [-0.2, -0.15) is 0 Å². The monoisotopic (exact) mass is 270 g/mol. The summed E-state index contributed by atoms with van der Waals surface area (Å²) in [5.74, 6) is 0. The number of nitrogens with one attached hydrogen (secondary N) is 1. The summed E-state index contributed by atoms with van der Waals surface area (Å²) in [6.45, 7) is 4.13. The zero-order valence-corrected chi connectivity index (χ0v) is 11.5. The van der Waals surface area contributed by atoms with E-state index in [1.54, 1.807) is 24.3 Å². The standard InChI is InChI=1S/C13H19ClN2O2/c1-3-13(15,4-2)9-18-12(17)16-11-8-6-5-7-10(11)14/h5-8H,3-4,9,15H2,1-2H3,(H,16,17). The second-order valence-corrected chi connectivity index (χ2v) is 4.66. The van der Waals surface area contributed by atoms with Crippen molar-refractivity contribution in [3.8, 4) is 0 Å². The lowest BCUT2D eigenvalue weighted by atomic mass is 9.96. The molecular weight excluding hydrogens is 252 g/mol. The maximum absolute atomic E-state index is 11.6. The first-order chi connectivity index (χ1) is 8.50. The molecule has 0 atom stereocenters. The van der Waals surface area contributed by atoms with Gasteiger partial charge >= 0.3 is 6.09 Å². The molecule has 0 aliphatic carbocycles. The van der Waals surface area contributed by atoms with Gasteiger partial charge in [0.25, 0.3) is 0 Å². The molecule has 0 unspecified atom stereocenters. The highest BCUT2D eigenvalue weighted by Crippen LogP contribution is 2.20. The van der Waals surface area contributed by atoms with E-state index in [1.165, 1.54) is 0 Å². The van der Waals surface area contributed by atoms with Crippen molar-refractivity contribution in [1.29, 1.82) is 0 Å². The average Bonchev–Trinajstić information content (AvgIpc) is 2.39. The van der Waals surface area contributed by atoms with Crippen LogP contribution in [0.2, 0.25) is 5.02 Å². The lowest BCUT2D eigenvalue weighted by Gasteiger charge is -2.25. The molecule has 0 heterocycles. The minimum Gasteiger partial charge on any atom is -0.447 e. The maximum atomic E-state index is 11.6. The predicted octanol–water partition coefficient (Wildman–Crippen LogP) is 3.41. The van der Waals surface area contributed by atoms with Crippen molar-refractivity contribution in [3.63, 3.8) is 0 Å². The molecule has 0 radical (unpaired) electrons. The van der Waals surface area contributed by atoms with Gasteiger partial charge in [0.05, 0.1) is 10.7 Å². The molecule has 0 saturated heterocycles. The molecule has 0 spiro atoms. The molecule has 1 amide bonds. The van der Waals surface area contributed by atoms with Crippen LogP contribution in [0.5, 0.6) is 0 Å². The van der Waals surface area contributed by atoms with E-state index in [-0.39, 0.29) is 6.61 Å². The molecule has 0 saturated carbocycles. The molecular formula is C13H19ClN2O2. The number of ether oxygens (including phenoxy) is 1. The van der Waals surface area contributed by atoms with Gasteiger partial charge < -0.3 is 10.5 Å². The summed E-state index contributed by atoms with van der Waals surface area (Å²) in [7, 11) is 0. The Morgan fingerprint density at radius 3 is 2.56 bits per heavy atom. The molecule has 1 aromatic rings. The SMILES string of the molecule is CCC(N)(CC)COC(=O)Nc1ccccc1Cl. The van der Waals surface area contributed by atoms with Gasteiger partial charge in [0.2, 0.25) is 0 Å². The normalized spacial score (nSPS) is 11.1. The van der Waals surface area contributed by atoms with Crippen LogP contribution in [0, 0.1) is 0 Å². The summed E-state index contributed by atoms with van der Waals surface area (Å²) < 4.78 is 5.11. The zero-order valence-electron chi connectivity index (χ0n) is 10.7. The van der Waals surface area contributed by atoms with E-state index in [0.29, 0.717) is 10.7 Å². The summed E-state index contributed by atoms with van der Waals surface area (Å²) in [4.78, 5) is 11.6. The van der Waals surface area contributed by atoms with Crippen LogP contribution in [0.15, 0.2) is 24.3 Å². The number of halogens is 1. The molecule has 18 heavy (non-hydrogen) atoms. The van der Waals surface area contributed by atoms with E-state index in [1.807, 2.05) is 13.8 Å². The van der Waals surface area contributed by atoms with Gasteiger partial charge in [-0.05, 0) is 25.0 Å². The van der Waals surface area contributed by atoms with Gasteiger partial charge in [0, 0.05) is 5.54 Å². The highest BCUT2D eigenvalue weighted by molar-refractivity contribution is 6.33. The second-order valence-electron chi connectivity index (χ2n) is 4.25. The smallest absolute Gasteiger partial charge is 0.411 e. The van der Waals surface area contributed by atoms with Crippen LogP contribution >= 0.6 is 11.6 Å². The fourth-order valence-electron chi connectivity index (χ4n) is 1.37. The Kier molecular flexibility index (Phi) is 5.44. The minimum absolute atomic E-state index is 0.191. The van der Waals surface area contributed by atoms with Crippen molar-refractivity contribution >= 4 is 23.4 Å². The third-order valence-corrected chi connectivity index (χ3v) is 3.34. The number of anilines is 1. The Morgan fingerprint density at radius 1 is 1.39 bits per heavy atom. The lowest BCUT2D eigenvalue weighted by Crippen LogP contribution is -2.44. The number of carbonyl (C=O) groups excluding carboxylic acids is 1. The average molecular weight is 271 g/mol. The molecule has 1 aromatic carbocycles. The van der Waals surface area contributed by atoms with Crippen molar-refractivity contribution in [3.05, 3.63) is 29.3 Å². The number of para-hydroxylation sites is 1. The fraction of sp³-hybridized carbons (Fsp3) is 0.462. The van der Waals surface area contributed by atoms with E-state index in [0.717, 1.165) is 12.8 Å². The van der Waals surface area contributed by atoms with Crippen LogP contribution in [0.4, 0.5) is 10.5 Å². The third kappa shape index (κ3) is 4.20. The Bertz CT molecular complexity index is 406. The molecule has 5 heteroatoms. The van der Waals surface area contributed by atoms with E-state index in [2.05, 4.69) is 5.32 Å². The molecule has 1 rings (SSSR count). The Morgan fingerprint density at radius 2 is 2.00 bits per heavy atom. The van der Waals surface area contributed by atoms with Crippen LogP contribution in [0.1, 0.15) is 26.7 Å². The number of hydrogen-bond acceptors (Lipinski definition) is 3. The van der Waals surface area contributed by atoms with Gasteiger partial charge in [0.15, 0.2) is 0 Å². The van der Waals surface area contributed by atoms with Crippen molar-refractivity contribution in [2.45, 2.75) is 32.2 Å². The summed E-state index contributed by atoms with van der Waals surface area (Å²) >= 11 is 5.92. The fourth-order valence-corrected chi connectivity index (χ4v) is 1.56. The Labute approximate surface area is 112 Å². The van der Waals surface area contributed by atoms with Crippen molar-refractivity contribution in [2.24, 2.45) is 5.73 Å². The zero-order chi connectivity index (χ0) is 13.6. The molecule has 0 aliphatic heterocycles. The summed E-state index contributed by atoms with van der Waals surface area (Å²) in [5, 5.41) is 3.05. The number of amides is 1. The van der Waals surface area contributed by atoms with Crippen molar-refractivity contribution in [2.75, 3.05) is 11.9 Å². The number of nitrogens with two attached hydrogens (primary N) is 1. The van der Waals surface area contributed by atoms with Crippen LogP contribution < -0.4 is 11.1 Å². The highest BCUT2D eigenvalue weighted by Gasteiger charge is 2.22. The van der Waals surface area contributed by atoms with Crippen LogP contribution in [0.3, 0.4) is 0 Å². The predicted molar refractivity (Wildman–Crippen MR) is 73.9 cm³/mol. The molecule has 100 valence electrons. The number of rotatable bonds is 5. The van der Waals surface area contributed by atoms with Crippen LogP contribution in [-0.2, 0) is 4.74 Å². The molecule has 0 bridgehead atoms. The second kappa shape index (κ2) is 6.61. The minimum atomic E-state index is -0.542. The lowest BCUT2D eigenvalue weighted by molar-refractivity contribution is 0.125. The van der Waals surface area contributed by atoms with Crippen LogP contribution in [0.25, 0.3) is 0 Å². The molecule has 4 nitrogen and oxygen atoms in total. The van der Waals surface area contributed by atoms with E-state index >= 15 is 0 Å². The van der Waals surface area contributed by atoms with Gasteiger partial charge in [-0.1, -0.05) is 37.6 Å². The van der Waals surface area contributed by atoms with Gasteiger partial charge in [-0.15, -0.1) is 0 Å². The summed E-state index contributed by atoms with van der Waals surface area (Å²) in [6, 6.07) is 6.98. The van der Waals surface area contributed by atoms with Gasteiger partial charge in [-0.3, -0.25) is 5.32 Å². The first-order valence-corrected chi connectivity index (χ1v) is 6.35. The molecule has 0 fully saturated rings.